The standard InChI is InChI=1S/C16H26O2.C11H11N3O/c1-4-7-8-9-12-18-16-14(6-3)13(5-2)10-11-15(16)17;1-2-15-10-8-12-14-13-11(10)9-6-4-3-5-7-9/h10-11,17H,4-9,12H2,1-3H3;3-8H,2H2,1H3. The van der Waals surface area contributed by atoms with Crippen LogP contribution in [-0.2, 0) is 12.8 Å². The van der Waals surface area contributed by atoms with Crippen LogP contribution in [0.25, 0.3) is 11.3 Å². The molecule has 0 unspecified atom stereocenters. The first-order valence-electron chi connectivity index (χ1n) is 12.0. The Morgan fingerprint density at radius 1 is 0.848 bits per heavy atom. The van der Waals surface area contributed by atoms with E-state index >= 15 is 0 Å². The summed E-state index contributed by atoms with van der Waals surface area (Å²) in [6.45, 7) is 9.66. The molecule has 0 aliphatic heterocycles. The molecule has 0 atom stereocenters. The van der Waals surface area contributed by atoms with E-state index in [0.717, 1.165) is 36.1 Å². The lowest BCUT2D eigenvalue weighted by atomic mass is 10.0. The predicted molar refractivity (Wildman–Crippen MR) is 133 cm³/mol. The molecule has 0 aliphatic carbocycles. The van der Waals surface area contributed by atoms with E-state index in [4.69, 9.17) is 9.47 Å². The molecule has 0 fully saturated rings. The van der Waals surface area contributed by atoms with Gasteiger partial charge in [-0.05, 0) is 43.0 Å². The molecule has 6 heteroatoms. The number of rotatable bonds is 11. The Morgan fingerprint density at radius 3 is 2.30 bits per heavy atom. The second-order valence-corrected chi connectivity index (χ2v) is 7.61. The minimum atomic E-state index is 0.277. The Labute approximate surface area is 198 Å². The van der Waals surface area contributed by atoms with Crippen molar-refractivity contribution in [2.45, 2.75) is 66.2 Å². The molecule has 33 heavy (non-hydrogen) atoms. The number of hydrogen-bond acceptors (Lipinski definition) is 6. The van der Waals surface area contributed by atoms with Crippen molar-refractivity contribution in [2.75, 3.05) is 13.2 Å². The molecule has 0 saturated carbocycles. The van der Waals surface area contributed by atoms with Gasteiger partial charge in [0.15, 0.2) is 17.2 Å². The van der Waals surface area contributed by atoms with Crippen LogP contribution >= 0.6 is 0 Å². The van der Waals surface area contributed by atoms with Crippen LogP contribution in [0, 0.1) is 0 Å². The quantitative estimate of drug-likeness (QED) is 0.339. The van der Waals surface area contributed by atoms with E-state index in [1.54, 1.807) is 12.3 Å². The number of phenols is 1. The van der Waals surface area contributed by atoms with Crippen molar-refractivity contribution in [3.63, 3.8) is 0 Å². The van der Waals surface area contributed by atoms with Gasteiger partial charge in [0.25, 0.3) is 0 Å². The lowest BCUT2D eigenvalue weighted by molar-refractivity contribution is 0.286. The summed E-state index contributed by atoms with van der Waals surface area (Å²) in [6.07, 6.45) is 8.22. The first-order chi connectivity index (χ1) is 16.2. The van der Waals surface area contributed by atoms with Crippen molar-refractivity contribution in [1.82, 2.24) is 15.4 Å². The zero-order chi connectivity index (χ0) is 23.9. The Hall–Kier alpha value is -3.15. The molecule has 6 nitrogen and oxygen atoms in total. The second-order valence-electron chi connectivity index (χ2n) is 7.61. The first-order valence-corrected chi connectivity index (χ1v) is 12.0. The van der Waals surface area contributed by atoms with Crippen LogP contribution in [-0.4, -0.2) is 33.7 Å². The highest BCUT2D eigenvalue weighted by Gasteiger charge is 2.12. The smallest absolute Gasteiger partial charge is 0.167 e. The Morgan fingerprint density at radius 2 is 1.64 bits per heavy atom. The summed E-state index contributed by atoms with van der Waals surface area (Å²) in [5.41, 5.74) is 4.15. The molecule has 1 heterocycles. The van der Waals surface area contributed by atoms with Crippen LogP contribution in [0.3, 0.4) is 0 Å². The monoisotopic (exact) mass is 451 g/mol. The molecule has 2 aromatic carbocycles. The third kappa shape index (κ3) is 8.04. The summed E-state index contributed by atoms with van der Waals surface area (Å²) >= 11 is 0. The van der Waals surface area contributed by atoms with E-state index in [9.17, 15) is 5.11 Å². The van der Waals surface area contributed by atoms with Gasteiger partial charge in [-0.25, -0.2) is 0 Å². The van der Waals surface area contributed by atoms with Gasteiger partial charge in [0.05, 0.1) is 19.4 Å². The van der Waals surface area contributed by atoms with Crippen molar-refractivity contribution >= 4 is 0 Å². The van der Waals surface area contributed by atoms with Crippen molar-refractivity contribution in [3.8, 4) is 28.5 Å². The fourth-order valence-corrected chi connectivity index (χ4v) is 3.56. The summed E-state index contributed by atoms with van der Waals surface area (Å²) in [6, 6.07) is 13.5. The fraction of sp³-hybridized carbons (Fsp3) is 0.444. The molecule has 0 saturated heterocycles. The van der Waals surface area contributed by atoms with E-state index < -0.39 is 0 Å². The third-order valence-electron chi connectivity index (χ3n) is 5.27. The first kappa shape index (κ1) is 26.1. The molecule has 1 aromatic heterocycles. The zero-order valence-corrected chi connectivity index (χ0v) is 20.4. The minimum Gasteiger partial charge on any atom is -0.504 e. The molecule has 1 N–H and O–H groups in total. The van der Waals surface area contributed by atoms with E-state index in [0.29, 0.717) is 24.7 Å². The van der Waals surface area contributed by atoms with Crippen LogP contribution in [0.1, 0.15) is 64.5 Å². The number of aryl methyl sites for hydroxylation is 1. The average Bonchev–Trinajstić information content (AvgIpc) is 2.86. The number of hydrogen-bond donors (Lipinski definition) is 1. The summed E-state index contributed by atoms with van der Waals surface area (Å²) in [5, 5.41) is 21.2. The predicted octanol–water partition coefficient (Wildman–Crippen LogP) is 6.41. The van der Waals surface area contributed by atoms with Gasteiger partial charge in [-0.2, -0.15) is 0 Å². The highest BCUT2D eigenvalue weighted by molar-refractivity contribution is 5.64. The molecular formula is C27H37N3O3. The van der Waals surface area contributed by atoms with Gasteiger partial charge in [0.2, 0.25) is 0 Å². The number of phenolic OH excluding ortho intramolecular Hbond substituents is 1. The van der Waals surface area contributed by atoms with Gasteiger partial charge >= 0.3 is 0 Å². The summed E-state index contributed by atoms with van der Waals surface area (Å²) in [4.78, 5) is 0. The third-order valence-corrected chi connectivity index (χ3v) is 5.27. The number of aromatic nitrogens is 3. The zero-order valence-electron chi connectivity index (χ0n) is 20.4. The molecular weight excluding hydrogens is 414 g/mol. The molecule has 0 aliphatic rings. The van der Waals surface area contributed by atoms with Crippen molar-refractivity contribution in [1.29, 1.82) is 0 Å². The molecule has 3 aromatic rings. The van der Waals surface area contributed by atoms with Gasteiger partial charge in [-0.15, -0.1) is 10.2 Å². The van der Waals surface area contributed by atoms with Crippen LogP contribution in [0.5, 0.6) is 17.2 Å². The maximum absolute atomic E-state index is 9.92. The molecule has 0 amide bonds. The second kappa shape index (κ2) is 14.8. The Kier molecular flexibility index (Phi) is 11.7. The average molecular weight is 452 g/mol. The summed E-state index contributed by atoms with van der Waals surface area (Å²) < 4.78 is 11.2. The maximum atomic E-state index is 9.92. The highest BCUT2D eigenvalue weighted by Crippen LogP contribution is 2.33. The van der Waals surface area contributed by atoms with Crippen LogP contribution in [0.15, 0.2) is 48.7 Å². The topological polar surface area (TPSA) is 77.4 Å². The maximum Gasteiger partial charge on any atom is 0.167 e. The molecule has 3 rings (SSSR count). The summed E-state index contributed by atoms with van der Waals surface area (Å²) in [7, 11) is 0. The van der Waals surface area contributed by atoms with E-state index in [1.165, 1.54) is 24.8 Å². The van der Waals surface area contributed by atoms with Gasteiger partial charge in [0.1, 0.15) is 5.69 Å². The number of aromatic hydroxyl groups is 1. The molecule has 178 valence electrons. The van der Waals surface area contributed by atoms with Crippen LogP contribution in [0.2, 0.25) is 0 Å². The Bertz CT molecular complexity index is 949. The minimum absolute atomic E-state index is 0.277. The van der Waals surface area contributed by atoms with Gasteiger partial charge in [0, 0.05) is 11.1 Å². The van der Waals surface area contributed by atoms with E-state index in [2.05, 4.69) is 36.2 Å². The van der Waals surface area contributed by atoms with Crippen LogP contribution < -0.4 is 9.47 Å². The fourth-order valence-electron chi connectivity index (χ4n) is 3.56. The number of unbranched alkanes of at least 4 members (excludes halogenated alkanes) is 3. The molecule has 0 radical (unpaired) electrons. The number of ether oxygens (including phenoxy) is 2. The van der Waals surface area contributed by atoms with Gasteiger partial charge in [-0.1, -0.05) is 76.4 Å². The Balaban J connectivity index is 0.000000237. The number of nitrogens with zero attached hydrogens (tertiary/aromatic N) is 3. The van der Waals surface area contributed by atoms with Crippen molar-refractivity contribution in [2.24, 2.45) is 0 Å². The van der Waals surface area contributed by atoms with Gasteiger partial charge < -0.3 is 14.6 Å². The SMILES string of the molecule is CCCCCCOc1c(O)ccc(CC)c1CC.CCOc1cnnnc1-c1ccccc1. The van der Waals surface area contributed by atoms with E-state index in [-0.39, 0.29) is 5.75 Å². The largest absolute Gasteiger partial charge is 0.504 e. The van der Waals surface area contributed by atoms with Gasteiger partial charge in [-0.3, -0.25) is 0 Å². The highest BCUT2D eigenvalue weighted by atomic mass is 16.5. The van der Waals surface area contributed by atoms with Crippen LogP contribution in [0.4, 0.5) is 0 Å². The summed E-state index contributed by atoms with van der Waals surface area (Å²) in [5.74, 6) is 1.64. The lowest BCUT2D eigenvalue weighted by Crippen LogP contribution is -2.02. The lowest BCUT2D eigenvalue weighted by Gasteiger charge is -2.15. The molecule has 0 bridgehead atoms. The van der Waals surface area contributed by atoms with Crippen molar-refractivity contribution < 1.29 is 14.6 Å². The van der Waals surface area contributed by atoms with Crippen molar-refractivity contribution in [3.05, 3.63) is 59.8 Å². The van der Waals surface area contributed by atoms with E-state index in [1.807, 2.05) is 43.3 Å². The normalized spacial score (nSPS) is 10.3. The number of benzene rings is 2. The molecule has 0 spiro atoms.